The summed E-state index contributed by atoms with van der Waals surface area (Å²) in [7, 11) is 1.37. The molecule has 0 atom stereocenters. The van der Waals surface area contributed by atoms with Gasteiger partial charge in [0.05, 0.1) is 13.1 Å². The van der Waals surface area contributed by atoms with Crippen molar-refractivity contribution in [3.8, 4) is 0 Å². The number of oxazole rings is 1. The summed E-state index contributed by atoms with van der Waals surface area (Å²) in [5.41, 5.74) is 7.35. The highest BCUT2D eigenvalue weighted by Gasteiger charge is 2.28. The van der Waals surface area contributed by atoms with E-state index < -0.39 is 11.2 Å². The minimum atomic E-state index is -0.664. The van der Waals surface area contributed by atoms with Crippen molar-refractivity contribution in [1.82, 2.24) is 19.0 Å². The molecule has 1 fully saturated rings. The van der Waals surface area contributed by atoms with Crippen molar-refractivity contribution in [2.75, 3.05) is 25.4 Å². The molecule has 0 bridgehead atoms. The predicted molar refractivity (Wildman–Crippen MR) is 133 cm³/mol. The van der Waals surface area contributed by atoms with Crippen LogP contribution in [0.15, 0.2) is 68.6 Å². The molecular formula is C26H27N5O4. The van der Waals surface area contributed by atoms with Crippen molar-refractivity contribution >= 4 is 22.7 Å². The molecule has 0 radical (unpaired) electrons. The SMILES string of the molecule is Cn1c(=O)c(C(=O)CN2CCC(c3nc4ccccc4o3)CC2)c(N)n(Cc2ccccc2)c1=O. The molecule has 1 aliphatic heterocycles. The molecule has 5 rings (SSSR count). The minimum absolute atomic E-state index is 0.0588. The van der Waals surface area contributed by atoms with Gasteiger partial charge in [0.1, 0.15) is 16.9 Å². The number of rotatable bonds is 6. The number of benzene rings is 2. The molecule has 3 heterocycles. The second-order valence-electron chi connectivity index (χ2n) is 8.97. The second kappa shape index (κ2) is 9.34. The Kier molecular flexibility index (Phi) is 6.08. The van der Waals surface area contributed by atoms with Gasteiger partial charge in [-0.2, -0.15) is 0 Å². The van der Waals surface area contributed by atoms with Crippen LogP contribution in [0.1, 0.15) is 40.6 Å². The number of aromatic nitrogens is 3. The number of carbonyl (C=O) groups is 1. The van der Waals surface area contributed by atoms with Gasteiger partial charge in [0.15, 0.2) is 17.3 Å². The maximum absolute atomic E-state index is 13.2. The van der Waals surface area contributed by atoms with Gasteiger partial charge < -0.3 is 10.2 Å². The molecule has 2 N–H and O–H groups in total. The Bertz CT molecular complexity index is 1460. The fourth-order valence-electron chi connectivity index (χ4n) is 4.65. The number of Topliss-reactive ketones (excluding diaryl/α,β-unsaturated/α-hetero) is 1. The van der Waals surface area contributed by atoms with Gasteiger partial charge in [-0.3, -0.25) is 23.6 Å². The molecule has 9 heteroatoms. The first-order chi connectivity index (χ1) is 16.9. The van der Waals surface area contributed by atoms with Crippen molar-refractivity contribution < 1.29 is 9.21 Å². The maximum Gasteiger partial charge on any atom is 0.332 e. The lowest BCUT2D eigenvalue weighted by Gasteiger charge is -2.30. The molecule has 0 amide bonds. The fourth-order valence-corrected chi connectivity index (χ4v) is 4.65. The zero-order valence-corrected chi connectivity index (χ0v) is 19.5. The van der Waals surface area contributed by atoms with Gasteiger partial charge in [-0.25, -0.2) is 9.78 Å². The monoisotopic (exact) mass is 473 g/mol. The molecule has 2 aromatic heterocycles. The summed E-state index contributed by atoms with van der Waals surface area (Å²) in [5.74, 6) is 0.432. The normalized spacial score (nSPS) is 15.0. The molecule has 180 valence electrons. The van der Waals surface area contributed by atoms with Crippen LogP contribution < -0.4 is 17.0 Å². The number of para-hydroxylation sites is 2. The third kappa shape index (κ3) is 4.42. The third-order valence-electron chi connectivity index (χ3n) is 6.66. The van der Waals surface area contributed by atoms with Crippen LogP contribution >= 0.6 is 0 Å². The Morgan fingerprint density at radius 2 is 1.74 bits per heavy atom. The molecular weight excluding hydrogens is 446 g/mol. The molecule has 0 aliphatic carbocycles. The van der Waals surface area contributed by atoms with E-state index in [1.165, 1.54) is 11.6 Å². The van der Waals surface area contributed by atoms with E-state index in [-0.39, 0.29) is 36.2 Å². The summed E-state index contributed by atoms with van der Waals surface area (Å²) < 4.78 is 8.15. The van der Waals surface area contributed by atoms with E-state index >= 15 is 0 Å². The molecule has 0 saturated carbocycles. The Balaban J connectivity index is 1.32. The average molecular weight is 474 g/mol. The van der Waals surface area contributed by atoms with E-state index in [1.807, 2.05) is 59.5 Å². The number of nitrogens with zero attached hydrogens (tertiary/aromatic N) is 4. The van der Waals surface area contributed by atoms with Crippen LogP contribution in [0.5, 0.6) is 0 Å². The largest absolute Gasteiger partial charge is 0.440 e. The topological polar surface area (TPSA) is 116 Å². The number of fused-ring (bicyclic) bond motifs is 1. The van der Waals surface area contributed by atoms with Gasteiger partial charge in [-0.15, -0.1) is 0 Å². The Hall–Kier alpha value is -3.98. The number of likely N-dealkylation sites (tertiary alicyclic amines) is 1. The minimum Gasteiger partial charge on any atom is -0.440 e. The Labute approximate surface area is 201 Å². The maximum atomic E-state index is 13.2. The number of piperidine rings is 1. The molecule has 2 aromatic carbocycles. The van der Waals surface area contributed by atoms with Crippen LogP contribution in [0, 0.1) is 0 Å². The van der Waals surface area contributed by atoms with E-state index in [9.17, 15) is 14.4 Å². The van der Waals surface area contributed by atoms with Gasteiger partial charge in [0, 0.05) is 13.0 Å². The molecule has 0 spiro atoms. The zero-order valence-electron chi connectivity index (χ0n) is 19.5. The second-order valence-corrected chi connectivity index (χ2v) is 8.97. The van der Waals surface area contributed by atoms with Crippen molar-refractivity contribution in [1.29, 1.82) is 0 Å². The number of hydrogen-bond donors (Lipinski definition) is 1. The summed E-state index contributed by atoms with van der Waals surface area (Å²) in [4.78, 5) is 45.4. The predicted octanol–water partition coefficient (Wildman–Crippen LogP) is 2.38. The van der Waals surface area contributed by atoms with E-state index in [1.54, 1.807) is 0 Å². The smallest absolute Gasteiger partial charge is 0.332 e. The van der Waals surface area contributed by atoms with E-state index in [0.29, 0.717) is 13.1 Å². The van der Waals surface area contributed by atoms with Crippen LogP contribution in [-0.2, 0) is 13.6 Å². The van der Waals surface area contributed by atoms with Crippen LogP contribution in [0.4, 0.5) is 5.82 Å². The Morgan fingerprint density at radius 3 is 2.46 bits per heavy atom. The lowest BCUT2D eigenvalue weighted by molar-refractivity contribution is 0.0904. The molecule has 35 heavy (non-hydrogen) atoms. The molecule has 0 unspecified atom stereocenters. The van der Waals surface area contributed by atoms with Gasteiger partial charge in [-0.05, 0) is 43.6 Å². The first-order valence-electron chi connectivity index (χ1n) is 11.7. The lowest BCUT2D eigenvalue weighted by atomic mass is 9.96. The van der Waals surface area contributed by atoms with Crippen molar-refractivity contribution in [3.05, 3.63) is 92.5 Å². The van der Waals surface area contributed by atoms with Crippen LogP contribution in [0.3, 0.4) is 0 Å². The quantitative estimate of drug-likeness (QED) is 0.427. The summed E-state index contributed by atoms with van der Waals surface area (Å²) >= 11 is 0. The number of carbonyl (C=O) groups excluding carboxylic acids is 1. The number of hydrogen-bond acceptors (Lipinski definition) is 7. The standard InChI is InChI=1S/C26H27N5O4/c1-29-25(33)22(23(27)31(26(29)34)15-17-7-3-2-4-8-17)20(32)16-30-13-11-18(12-14-30)24-28-19-9-5-6-10-21(19)35-24/h2-10,18H,11-16,27H2,1H3. The number of anilines is 1. The van der Waals surface area contributed by atoms with Crippen LogP contribution in [0.25, 0.3) is 11.1 Å². The van der Waals surface area contributed by atoms with E-state index in [0.717, 1.165) is 40.0 Å². The highest BCUT2D eigenvalue weighted by Crippen LogP contribution is 2.30. The molecule has 4 aromatic rings. The first-order valence-corrected chi connectivity index (χ1v) is 11.7. The summed E-state index contributed by atoms with van der Waals surface area (Å²) in [6.45, 7) is 1.57. The van der Waals surface area contributed by atoms with Crippen LogP contribution in [0.2, 0.25) is 0 Å². The third-order valence-corrected chi connectivity index (χ3v) is 6.66. The number of nitrogens with two attached hydrogens (primary N) is 1. The highest BCUT2D eigenvalue weighted by atomic mass is 16.3. The Morgan fingerprint density at radius 1 is 1.06 bits per heavy atom. The summed E-state index contributed by atoms with van der Waals surface area (Å²) in [5, 5.41) is 0. The van der Waals surface area contributed by atoms with E-state index in [4.69, 9.17) is 10.2 Å². The molecule has 9 nitrogen and oxygen atoms in total. The zero-order chi connectivity index (χ0) is 24.5. The van der Waals surface area contributed by atoms with Crippen LogP contribution in [-0.4, -0.2) is 44.4 Å². The van der Waals surface area contributed by atoms with Crippen molar-refractivity contribution in [2.45, 2.75) is 25.3 Å². The van der Waals surface area contributed by atoms with Gasteiger partial charge >= 0.3 is 5.69 Å². The van der Waals surface area contributed by atoms with E-state index in [2.05, 4.69) is 4.98 Å². The average Bonchev–Trinajstić information content (AvgIpc) is 3.31. The summed E-state index contributed by atoms with van der Waals surface area (Å²) in [6.07, 6.45) is 1.59. The van der Waals surface area contributed by atoms with Gasteiger partial charge in [0.2, 0.25) is 0 Å². The molecule has 1 aliphatic rings. The molecule has 1 saturated heterocycles. The highest BCUT2D eigenvalue weighted by molar-refractivity contribution is 6.01. The van der Waals surface area contributed by atoms with Crippen molar-refractivity contribution in [3.63, 3.8) is 0 Å². The number of ketones is 1. The lowest BCUT2D eigenvalue weighted by Crippen LogP contribution is -2.45. The van der Waals surface area contributed by atoms with Gasteiger partial charge in [-0.1, -0.05) is 42.5 Å². The first kappa shape index (κ1) is 22.8. The van der Waals surface area contributed by atoms with Crippen molar-refractivity contribution in [2.24, 2.45) is 7.05 Å². The van der Waals surface area contributed by atoms with Gasteiger partial charge in [0.25, 0.3) is 5.56 Å². The fraction of sp³-hybridized carbons (Fsp3) is 0.308. The summed E-state index contributed by atoms with van der Waals surface area (Å²) in [6, 6.07) is 17.0. The number of nitrogen functional groups attached to an aromatic ring is 1.